The lowest BCUT2D eigenvalue weighted by molar-refractivity contribution is -0.293. The first-order valence-corrected chi connectivity index (χ1v) is 21.2. The van der Waals surface area contributed by atoms with Crippen molar-refractivity contribution in [1.29, 1.82) is 0 Å². The van der Waals surface area contributed by atoms with Crippen molar-refractivity contribution in [3.8, 4) is 0 Å². The minimum atomic E-state index is -1.55. The zero-order valence-electron chi connectivity index (χ0n) is 36.1. The standard InChI is InChI=1S/C44H69N5O8/c1-12-35-44(8)39-28(4)36(47(11)24-48(49(39)25-54-44)21-15-16-31-19-20-45-33-18-14-13-17-32(31)33)26(2)23-43(7,53)40(29(5)37(50)30(6)41(52)56-35)57-42-38(51)34(46(9)10)22-27(3)55-42/h13-14,17-20,26-30,34-36,38-40,42,51,53H,12,15-16,21-25H2,1-11H3/t26-,27-,28+,29+,30-,34+,35-,36?,38-,39-,40-,42+,43+,44-/m1/s1. The average molecular weight is 796 g/mol. The molecular formula is C44H69N5O8. The van der Waals surface area contributed by atoms with Gasteiger partial charge in [0, 0.05) is 36.1 Å². The Morgan fingerprint density at radius 3 is 2.49 bits per heavy atom. The van der Waals surface area contributed by atoms with Gasteiger partial charge in [0.15, 0.2) is 12.1 Å². The molecule has 1 unspecified atom stereocenters. The van der Waals surface area contributed by atoms with Crippen molar-refractivity contribution >= 4 is 22.7 Å². The van der Waals surface area contributed by atoms with Crippen molar-refractivity contribution in [1.82, 2.24) is 24.8 Å². The lowest BCUT2D eigenvalue weighted by atomic mass is 9.71. The Bertz CT molecular complexity index is 1710. The Morgan fingerprint density at radius 2 is 1.79 bits per heavy atom. The van der Waals surface area contributed by atoms with Crippen molar-refractivity contribution in [3.63, 3.8) is 0 Å². The van der Waals surface area contributed by atoms with E-state index in [1.807, 2.05) is 51.2 Å². The Labute approximate surface area is 339 Å². The van der Waals surface area contributed by atoms with Crippen LogP contribution in [0.3, 0.4) is 0 Å². The van der Waals surface area contributed by atoms with E-state index in [2.05, 4.69) is 65.9 Å². The van der Waals surface area contributed by atoms with Gasteiger partial charge in [-0.25, -0.2) is 10.0 Å². The second-order valence-electron chi connectivity index (χ2n) is 18.3. The van der Waals surface area contributed by atoms with Gasteiger partial charge in [-0.3, -0.25) is 19.5 Å². The fourth-order valence-corrected chi connectivity index (χ4v) is 11.0. The van der Waals surface area contributed by atoms with Crippen molar-refractivity contribution in [2.24, 2.45) is 23.7 Å². The number of carbonyl (C=O) groups excluding carboxylic acids is 2. The van der Waals surface area contributed by atoms with E-state index in [0.29, 0.717) is 32.7 Å². The Kier molecular flexibility index (Phi) is 13.5. The van der Waals surface area contributed by atoms with E-state index in [0.717, 1.165) is 24.9 Å². The summed E-state index contributed by atoms with van der Waals surface area (Å²) in [5.41, 5.74) is -0.179. The molecule has 318 valence electrons. The highest BCUT2D eigenvalue weighted by Crippen LogP contribution is 2.46. The summed E-state index contributed by atoms with van der Waals surface area (Å²) in [5, 5.41) is 30.0. The van der Waals surface area contributed by atoms with E-state index in [1.54, 1.807) is 20.8 Å². The summed E-state index contributed by atoms with van der Waals surface area (Å²) in [7, 11) is 5.95. The second kappa shape index (κ2) is 17.6. The van der Waals surface area contributed by atoms with Gasteiger partial charge in [0.1, 0.15) is 30.5 Å². The van der Waals surface area contributed by atoms with Crippen LogP contribution in [0.15, 0.2) is 36.5 Å². The minimum Gasteiger partial charge on any atom is -0.459 e. The number of carbonyl (C=O) groups is 2. The molecule has 13 nitrogen and oxygen atoms in total. The first-order chi connectivity index (χ1) is 26.9. The van der Waals surface area contributed by atoms with Gasteiger partial charge in [-0.2, -0.15) is 0 Å². The lowest BCUT2D eigenvalue weighted by Crippen LogP contribution is -2.61. The first kappa shape index (κ1) is 44.0. The van der Waals surface area contributed by atoms with Gasteiger partial charge in [-0.05, 0) is 110 Å². The molecule has 6 rings (SSSR count). The second-order valence-corrected chi connectivity index (χ2v) is 18.3. The van der Waals surface area contributed by atoms with Crippen LogP contribution in [0.4, 0.5) is 0 Å². The number of ether oxygens (including phenoxy) is 4. The molecule has 4 aliphatic rings. The molecule has 14 atom stereocenters. The molecule has 4 aliphatic heterocycles. The van der Waals surface area contributed by atoms with Crippen LogP contribution in [-0.2, 0) is 35.0 Å². The zero-order valence-corrected chi connectivity index (χ0v) is 36.1. The number of rotatable bonds is 8. The summed E-state index contributed by atoms with van der Waals surface area (Å²) in [6.07, 6.45) is 1.02. The Morgan fingerprint density at radius 1 is 1.07 bits per heavy atom. The molecule has 13 heteroatoms. The van der Waals surface area contributed by atoms with E-state index in [4.69, 9.17) is 18.9 Å². The zero-order chi connectivity index (χ0) is 41.6. The molecule has 1 aromatic heterocycles. The summed E-state index contributed by atoms with van der Waals surface area (Å²) in [6, 6.07) is 9.89. The smallest absolute Gasteiger partial charge is 0.316 e. The highest BCUT2D eigenvalue weighted by molar-refractivity contribution is 6.00. The molecule has 4 fully saturated rings. The summed E-state index contributed by atoms with van der Waals surface area (Å²) in [6.45, 7) is 17.1. The van der Waals surface area contributed by atoms with Gasteiger partial charge in [0.25, 0.3) is 0 Å². The molecule has 5 heterocycles. The maximum Gasteiger partial charge on any atom is 0.316 e. The molecule has 0 spiro atoms. The lowest BCUT2D eigenvalue weighted by Gasteiger charge is -2.48. The van der Waals surface area contributed by atoms with Crippen molar-refractivity contribution < 1.29 is 38.7 Å². The van der Waals surface area contributed by atoms with Crippen LogP contribution in [0.1, 0.15) is 86.6 Å². The summed E-state index contributed by atoms with van der Waals surface area (Å²) < 4.78 is 25.9. The third-order valence-corrected chi connectivity index (χ3v) is 13.8. The fourth-order valence-electron chi connectivity index (χ4n) is 11.0. The SMILES string of the molecule is CC[C@H]1OC(=O)[C@H](C)C(=O)[C@H](C)[C@@H](O[C@@H]2O[C@H](C)C[C@H](N(C)C)[C@H]2O)[C@@](C)(O)C[C@@H](C)C2[C@H](C)[C@H]3N(CO[C@]13C)N(CCCc1ccnc3ccccc13)CN2C. The van der Waals surface area contributed by atoms with Gasteiger partial charge in [0.2, 0.25) is 0 Å². The predicted octanol–water partition coefficient (Wildman–Crippen LogP) is 4.47. The van der Waals surface area contributed by atoms with Gasteiger partial charge in [0.05, 0.1) is 36.0 Å². The number of esters is 1. The summed E-state index contributed by atoms with van der Waals surface area (Å²) in [5.74, 6) is -3.17. The van der Waals surface area contributed by atoms with Crippen molar-refractivity contribution in [2.45, 2.75) is 148 Å². The van der Waals surface area contributed by atoms with Crippen LogP contribution in [0.2, 0.25) is 0 Å². The number of cyclic esters (lactones) is 1. The Hall–Kier alpha value is -2.59. The van der Waals surface area contributed by atoms with Crippen LogP contribution < -0.4 is 0 Å². The number of para-hydroxylation sites is 1. The Balaban J connectivity index is 1.35. The maximum atomic E-state index is 14.3. The average Bonchev–Trinajstić information content (AvgIpc) is 3.47. The molecule has 0 aliphatic carbocycles. The summed E-state index contributed by atoms with van der Waals surface area (Å²) in [4.78, 5) is 37.3. The molecule has 57 heavy (non-hydrogen) atoms. The van der Waals surface area contributed by atoms with E-state index >= 15 is 0 Å². The monoisotopic (exact) mass is 796 g/mol. The van der Waals surface area contributed by atoms with Crippen LogP contribution in [0.5, 0.6) is 0 Å². The topological polar surface area (TPSA) is 137 Å². The number of aliphatic hydroxyl groups is 2. The van der Waals surface area contributed by atoms with E-state index in [1.165, 1.54) is 10.9 Å². The molecule has 4 saturated heterocycles. The first-order valence-electron chi connectivity index (χ1n) is 21.2. The van der Waals surface area contributed by atoms with Gasteiger partial charge >= 0.3 is 5.97 Å². The number of hydrazine groups is 1. The molecule has 0 radical (unpaired) electrons. The molecule has 2 aromatic rings. The third kappa shape index (κ3) is 8.70. The number of hydrogen-bond donors (Lipinski definition) is 2. The minimum absolute atomic E-state index is 0.000759. The van der Waals surface area contributed by atoms with Gasteiger partial charge < -0.3 is 34.1 Å². The number of aliphatic hydroxyl groups excluding tert-OH is 1. The maximum absolute atomic E-state index is 14.3. The highest BCUT2D eigenvalue weighted by atomic mass is 16.7. The molecule has 2 bridgehead atoms. The normalized spacial score (nSPS) is 40.6. The third-order valence-electron chi connectivity index (χ3n) is 13.8. The molecular weight excluding hydrogens is 727 g/mol. The molecule has 0 saturated carbocycles. The van der Waals surface area contributed by atoms with Crippen molar-refractivity contribution in [3.05, 3.63) is 42.1 Å². The van der Waals surface area contributed by atoms with E-state index in [-0.39, 0.29) is 36.1 Å². The van der Waals surface area contributed by atoms with Crippen LogP contribution in [-0.4, -0.2) is 148 Å². The number of Topliss-reactive ketones (excluding diaryl/α,β-unsaturated/α-hetero) is 1. The van der Waals surface area contributed by atoms with Crippen LogP contribution >= 0.6 is 0 Å². The number of benzene rings is 1. The number of nitrogens with zero attached hydrogens (tertiary/aromatic N) is 5. The number of ketones is 1. The van der Waals surface area contributed by atoms with Crippen LogP contribution in [0.25, 0.3) is 10.9 Å². The largest absolute Gasteiger partial charge is 0.459 e. The molecule has 0 amide bonds. The number of aromatic nitrogens is 1. The van der Waals surface area contributed by atoms with Crippen LogP contribution in [0, 0.1) is 23.7 Å². The number of aryl methyl sites for hydroxylation is 1. The summed E-state index contributed by atoms with van der Waals surface area (Å²) >= 11 is 0. The van der Waals surface area contributed by atoms with Gasteiger partial charge in [-0.1, -0.05) is 45.9 Å². The van der Waals surface area contributed by atoms with Crippen molar-refractivity contribution in [2.75, 3.05) is 41.1 Å². The van der Waals surface area contributed by atoms with E-state index < -0.39 is 59.4 Å². The molecule has 1 aromatic carbocycles. The number of pyridine rings is 1. The molecule has 2 N–H and O–H groups in total. The van der Waals surface area contributed by atoms with E-state index in [9.17, 15) is 19.8 Å². The number of hydrogen-bond acceptors (Lipinski definition) is 13. The van der Waals surface area contributed by atoms with Gasteiger partial charge in [-0.15, -0.1) is 0 Å². The fraction of sp³-hybridized carbons (Fsp3) is 0.750. The quantitative estimate of drug-likeness (QED) is 0.288. The highest BCUT2D eigenvalue weighted by Gasteiger charge is 2.59. The predicted molar refractivity (Wildman–Crippen MR) is 218 cm³/mol. The number of fused-ring (bicyclic) bond motifs is 2. The number of likely N-dealkylation sites (N-methyl/N-ethyl adjacent to an activating group) is 1.